The lowest BCUT2D eigenvalue weighted by molar-refractivity contribution is 0.0927. The monoisotopic (exact) mass is 363 g/mol. The summed E-state index contributed by atoms with van der Waals surface area (Å²) >= 11 is 0. The number of nitrogens with one attached hydrogen (secondary N) is 1. The molecule has 1 saturated carbocycles. The summed E-state index contributed by atoms with van der Waals surface area (Å²) in [7, 11) is 0. The zero-order chi connectivity index (χ0) is 18.6. The first kappa shape index (κ1) is 17.6. The van der Waals surface area contributed by atoms with Gasteiger partial charge in [-0.15, -0.1) is 0 Å². The third-order valence-corrected chi connectivity index (χ3v) is 5.17. The zero-order valence-electron chi connectivity index (χ0n) is 15.6. The van der Waals surface area contributed by atoms with Crippen LogP contribution in [0.25, 0.3) is 5.65 Å². The molecule has 1 aromatic carbocycles. The van der Waals surface area contributed by atoms with E-state index in [2.05, 4.69) is 10.3 Å². The highest BCUT2D eigenvalue weighted by molar-refractivity contribution is 5.94. The first-order chi connectivity index (χ1) is 13.2. The van der Waals surface area contributed by atoms with E-state index in [-0.39, 0.29) is 5.91 Å². The SMILES string of the molecule is Cc1cccn2cc(COc3ccc(C(=O)NC4CCCCC4)cc3)nc12. The van der Waals surface area contributed by atoms with Crippen molar-refractivity contribution in [2.75, 3.05) is 0 Å². The van der Waals surface area contributed by atoms with Gasteiger partial charge in [0.25, 0.3) is 5.91 Å². The highest BCUT2D eigenvalue weighted by Gasteiger charge is 2.16. The zero-order valence-corrected chi connectivity index (χ0v) is 15.6. The molecule has 0 aliphatic heterocycles. The Hall–Kier alpha value is -2.82. The van der Waals surface area contributed by atoms with Crippen molar-refractivity contribution in [3.05, 3.63) is 65.6 Å². The summed E-state index contributed by atoms with van der Waals surface area (Å²) < 4.78 is 7.85. The second kappa shape index (κ2) is 7.82. The third kappa shape index (κ3) is 4.13. The maximum absolute atomic E-state index is 12.4. The Bertz CT molecular complexity index is 924. The Morgan fingerprint density at radius 2 is 1.96 bits per heavy atom. The molecular formula is C22H25N3O2. The molecule has 1 amide bonds. The van der Waals surface area contributed by atoms with Gasteiger partial charge in [-0.1, -0.05) is 25.3 Å². The number of imidazole rings is 1. The van der Waals surface area contributed by atoms with Crippen LogP contribution in [-0.4, -0.2) is 21.3 Å². The Morgan fingerprint density at radius 3 is 2.70 bits per heavy atom. The molecule has 0 saturated heterocycles. The number of fused-ring (bicyclic) bond motifs is 1. The van der Waals surface area contributed by atoms with Crippen LogP contribution in [0.5, 0.6) is 5.75 Å². The molecule has 1 aliphatic carbocycles. The second-order valence-electron chi connectivity index (χ2n) is 7.28. The average molecular weight is 363 g/mol. The first-order valence-corrected chi connectivity index (χ1v) is 9.66. The molecule has 27 heavy (non-hydrogen) atoms. The minimum Gasteiger partial charge on any atom is -0.487 e. The summed E-state index contributed by atoms with van der Waals surface area (Å²) in [5.41, 5.74) is 3.64. The van der Waals surface area contributed by atoms with Crippen molar-refractivity contribution in [2.24, 2.45) is 0 Å². The van der Waals surface area contributed by atoms with E-state index in [1.54, 1.807) is 0 Å². The van der Waals surface area contributed by atoms with Gasteiger partial charge in [0.15, 0.2) is 0 Å². The summed E-state index contributed by atoms with van der Waals surface area (Å²) in [6.07, 6.45) is 9.84. The fraction of sp³-hybridized carbons (Fsp3) is 0.364. The fourth-order valence-electron chi connectivity index (χ4n) is 3.65. The summed E-state index contributed by atoms with van der Waals surface area (Å²) in [5, 5.41) is 3.14. The summed E-state index contributed by atoms with van der Waals surface area (Å²) in [4.78, 5) is 17.0. The molecule has 1 aliphatic rings. The van der Waals surface area contributed by atoms with Gasteiger partial charge in [0.05, 0.1) is 5.69 Å². The van der Waals surface area contributed by atoms with Crippen molar-refractivity contribution in [3.63, 3.8) is 0 Å². The summed E-state index contributed by atoms with van der Waals surface area (Å²) in [5.74, 6) is 0.738. The molecule has 5 nitrogen and oxygen atoms in total. The minimum absolute atomic E-state index is 0.00396. The Labute approximate surface area is 159 Å². The number of hydrogen-bond donors (Lipinski definition) is 1. The van der Waals surface area contributed by atoms with E-state index in [1.807, 2.05) is 60.1 Å². The van der Waals surface area contributed by atoms with Gasteiger partial charge in [-0.05, 0) is 55.7 Å². The predicted octanol–water partition coefficient (Wildman–Crippen LogP) is 4.28. The lowest BCUT2D eigenvalue weighted by Crippen LogP contribution is -2.36. The maximum atomic E-state index is 12.4. The molecule has 0 unspecified atom stereocenters. The number of pyridine rings is 1. The Kier molecular flexibility index (Phi) is 5.10. The van der Waals surface area contributed by atoms with Gasteiger partial charge in [0.2, 0.25) is 0 Å². The van der Waals surface area contributed by atoms with Crippen LogP contribution in [0.1, 0.15) is 53.7 Å². The number of ether oxygens (including phenoxy) is 1. The van der Waals surface area contributed by atoms with Crippen LogP contribution < -0.4 is 10.1 Å². The van der Waals surface area contributed by atoms with Crippen LogP contribution in [0.2, 0.25) is 0 Å². The number of carbonyl (C=O) groups is 1. The largest absolute Gasteiger partial charge is 0.487 e. The number of benzene rings is 1. The average Bonchev–Trinajstić information content (AvgIpc) is 3.12. The van der Waals surface area contributed by atoms with Crippen LogP contribution in [0.15, 0.2) is 48.8 Å². The van der Waals surface area contributed by atoms with Gasteiger partial charge in [-0.3, -0.25) is 4.79 Å². The van der Waals surface area contributed by atoms with Crippen molar-refractivity contribution in [2.45, 2.75) is 51.7 Å². The molecule has 0 radical (unpaired) electrons. The van der Waals surface area contributed by atoms with Gasteiger partial charge >= 0.3 is 0 Å². The molecule has 4 rings (SSSR count). The Morgan fingerprint density at radius 1 is 1.19 bits per heavy atom. The maximum Gasteiger partial charge on any atom is 0.251 e. The van der Waals surface area contributed by atoms with E-state index in [1.165, 1.54) is 19.3 Å². The quantitative estimate of drug-likeness (QED) is 0.736. The van der Waals surface area contributed by atoms with E-state index in [4.69, 9.17) is 4.74 Å². The van der Waals surface area contributed by atoms with Crippen LogP contribution in [-0.2, 0) is 6.61 Å². The van der Waals surface area contributed by atoms with Crippen LogP contribution in [0.4, 0.5) is 0 Å². The van der Waals surface area contributed by atoms with Crippen LogP contribution in [0.3, 0.4) is 0 Å². The minimum atomic E-state index is 0.00396. The molecule has 140 valence electrons. The topological polar surface area (TPSA) is 55.6 Å². The molecule has 3 aromatic rings. The molecule has 1 fully saturated rings. The van der Waals surface area contributed by atoms with Gasteiger partial charge in [0.1, 0.15) is 18.0 Å². The van der Waals surface area contributed by atoms with E-state index < -0.39 is 0 Å². The van der Waals surface area contributed by atoms with E-state index in [0.717, 1.165) is 35.5 Å². The highest BCUT2D eigenvalue weighted by atomic mass is 16.5. The van der Waals surface area contributed by atoms with Crippen molar-refractivity contribution in [1.29, 1.82) is 0 Å². The molecule has 5 heteroatoms. The van der Waals surface area contributed by atoms with E-state index in [0.29, 0.717) is 18.2 Å². The molecular weight excluding hydrogens is 338 g/mol. The number of carbonyl (C=O) groups excluding carboxylic acids is 1. The van der Waals surface area contributed by atoms with Gasteiger partial charge < -0.3 is 14.5 Å². The molecule has 2 heterocycles. The van der Waals surface area contributed by atoms with Crippen molar-refractivity contribution >= 4 is 11.6 Å². The van der Waals surface area contributed by atoms with Gasteiger partial charge in [-0.2, -0.15) is 0 Å². The normalized spacial score (nSPS) is 15.0. The summed E-state index contributed by atoms with van der Waals surface area (Å²) in [6.45, 7) is 2.44. The van der Waals surface area contributed by atoms with Gasteiger partial charge in [0, 0.05) is 24.0 Å². The van der Waals surface area contributed by atoms with E-state index in [9.17, 15) is 4.79 Å². The number of aromatic nitrogens is 2. The number of rotatable bonds is 5. The lowest BCUT2D eigenvalue weighted by Gasteiger charge is -2.22. The smallest absolute Gasteiger partial charge is 0.251 e. The standard InChI is InChI=1S/C22H25N3O2/c1-16-6-5-13-25-14-19(23-21(16)25)15-27-20-11-9-17(10-12-20)22(26)24-18-7-3-2-4-8-18/h5-6,9-14,18H,2-4,7-8,15H2,1H3,(H,24,26). The first-order valence-electron chi connectivity index (χ1n) is 9.66. The molecule has 0 bridgehead atoms. The number of nitrogens with zero attached hydrogens (tertiary/aromatic N) is 2. The predicted molar refractivity (Wildman–Crippen MR) is 105 cm³/mol. The fourth-order valence-corrected chi connectivity index (χ4v) is 3.65. The summed E-state index contributed by atoms with van der Waals surface area (Å²) in [6, 6.07) is 11.7. The third-order valence-electron chi connectivity index (χ3n) is 5.17. The number of amides is 1. The van der Waals surface area contributed by atoms with E-state index >= 15 is 0 Å². The number of aryl methyl sites for hydroxylation is 1. The van der Waals surface area contributed by atoms with Crippen molar-refractivity contribution in [3.8, 4) is 5.75 Å². The lowest BCUT2D eigenvalue weighted by atomic mass is 9.95. The molecule has 0 spiro atoms. The molecule has 1 N–H and O–H groups in total. The van der Waals surface area contributed by atoms with Crippen molar-refractivity contribution in [1.82, 2.24) is 14.7 Å². The number of hydrogen-bond acceptors (Lipinski definition) is 3. The van der Waals surface area contributed by atoms with Crippen LogP contribution >= 0.6 is 0 Å². The Balaban J connectivity index is 1.35. The van der Waals surface area contributed by atoms with Crippen molar-refractivity contribution < 1.29 is 9.53 Å². The molecule has 2 aromatic heterocycles. The highest BCUT2D eigenvalue weighted by Crippen LogP contribution is 2.19. The van der Waals surface area contributed by atoms with Crippen LogP contribution in [0, 0.1) is 6.92 Å². The second-order valence-corrected chi connectivity index (χ2v) is 7.28. The molecule has 0 atom stereocenters. The van der Waals surface area contributed by atoms with Gasteiger partial charge in [-0.25, -0.2) is 4.98 Å².